The molecular weight excluding hydrogens is 424 g/mol. The number of carbonyl (C=O) groups is 1. The molecule has 2 rings (SSSR count). The van der Waals surface area contributed by atoms with Crippen LogP contribution >= 0.6 is 0 Å². The monoisotopic (exact) mass is 469 g/mol. The van der Waals surface area contributed by atoms with Crippen molar-refractivity contribution in [1.82, 2.24) is 10.2 Å². The van der Waals surface area contributed by atoms with E-state index in [1.807, 2.05) is 48.5 Å². The maximum absolute atomic E-state index is 14.7. The molecule has 33 heavy (non-hydrogen) atoms. The largest absolute Gasteiger partial charge is 0.444 e. The number of halogens is 2. The summed E-state index contributed by atoms with van der Waals surface area (Å²) >= 11 is 0. The summed E-state index contributed by atoms with van der Waals surface area (Å²) < 4.78 is 35.1. The van der Waals surface area contributed by atoms with Gasteiger partial charge in [-0.05, 0) is 70.6 Å². The molecule has 2 aliphatic rings. The van der Waals surface area contributed by atoms with Crippen LogP contribution < -0.4 is 5.32 Å². The van der Waals surface area contributed by atoms with E-state index in [1.54, 1.807) is 24.9 Å². The summed E-state index contributed by atoms with van der Waals surface area (Å²) in [6, 6.07) is -0.319. The zero-order valence-electron chi connectivity index (χ0n) is 22.3. The molecule has 7 heteroatoms. The topological polar surface area (TPSA) is 53.9 Å². The van der Waals surface area contributed by atoms with Gasteiger partial charge in [-0.1, -0.05) is 33.8 Å². The number of ether oxygens (including phenoxy) is 1. The van der Waals surface area contributed by atoms with Gasteiger partial charge in [0.15, 0.2) is 0 Å². The second kappa shape index (κ2) is 9.53. The van der Waals surface area contributed by atoms with E-state index in [0.717, 1.165) is 25.1 Å². The minimum absolute atomic E-state index is 0.107. The summed E-state index contributed by atoms with van der Waals surface area (Å²) in [6.07, 6.45) is 4.09. The second-order valence-electron chi connectivity index (χ2n) is 11.6. The quantitative estimate of drug-likeness (QED) is 0.265. The van der Waals surface area contributed by atoms with Gasteiger partial charge in [0, 0.05) is 31.6 Å². The summed E-state index contributed by atoms with van der Waals surface area (Å²) in [4.78, 5) is 19.3. The fourth-order valence-electron chi connectivity index (χ4n) is 5.14. The van der Waals surface area contributed by atoms with E-state index in [-0.39, 0.29) is 41.5 Å². The molecule has 1 N–H and O–H groups in total. The van der Waals surface area contributed by atoms with Gasteiger partial charge in [-0.25, -0.2) is 13.6 Å². The molecule has 0 aromatic carbocycles. The van der Waals surface area contributed by atoms with Crippen molar-refractivity contribution in [3.63, 3.8) is 0 Å². The number of amides is 1. The van der Waals surface area contributed by atoms with Crippen LogP contribution in [0.4, 0.5) is 13.6 Å². The van der Waals surface area contributed by atoms with E-state index in [0.29, 0.717) is 6.54 Å². The summed E-state index contributed by atoms with van der Waals surface area (Å²) in [5.41, 5.74) is -0.967. The maximum atomic E-state index is 14.7. The molecule has 1 spiro atoms. The molecule has 1 saturated carbocycles. The van der Waals surface area contributed by atoms with Crippen molar-refractivity contribution < 1.29 is 18.3 Å². The van der Waals surface area contributed by atoms with Gasteiger partial charge in [-0.15, -0.1) is 0 Å². The van der Waals surface area contributed by atoms with Crippen LogP contribution in [0.2, 0.25) is 0 Å². The third-order valence-electron chi connectivity index (χ3n) is 7.73. The van der Waals surface area contributed by atoms with E-state index in [4.69, 9.17) is 4.74 Å². The number of aliphatic imine (C=N–C) groups is 1. The Morgan fingerprint density at radius 2 is 1.82 bits per heavy atom. The number of carbonyl (C=O) groups excluding carboxylic acids is 1. The fourth-order valence-corrected chi connectivity index (χ4v) is 5.14. The lowest BCUT2D eigenvalue weighted by Crippen LogP contribution is -2.52. The smallest absolute Gasteiger partial charge is 0.410 e. The van der Waals surface area contributed by atoms with Gasteiger partial charge >= 0.3 is 6.09 Å². The predicted octanol–water partition coefficient (Wildman–Crippen LogP) is 6.44. The third-order valence-corrected chi connectivity index (χ3v) is 7.73. The number of amidine groups is 1. The van der Waals surface area contributed by atoms with Gasteiger partial charge in [-0.3, -0.25) is 9.89 Å². The van der Waals surface area contributed by atoms with Gasteiger partial charge < -0.3 is 10.1 Å². The molecule has 0 radical (unpaired) electrons. The fraction of sp³-hybridized carbons (Fsp3) is 0.846. The summed E-state index contributed by atoms with van der Waals surface area (Å²) in [5, 5.41) is 3.50. The molecule has 1 heterocycles. The van der Waals surface area contributed by atoms with Crippen molar-refractivity contribution in [3.8, 4) is 0 Å². The number of allylic oxidation sites excluding steroid dienone is 2. The number of hydrogen-bond acceptors (Lipinski definition) is 3. The number of nitrogens with zero attached hydrogens (tertiary/aromatic N) is 2. The highest BCUT2D eigenvalue weighted by atomic mass is 19.3. The van der Waals surface area contributed by atoms with Crippen LogP contribution in [0.5, 0.6) is 0 Å². The Labute approximate surface area is 199 Å². The Morgan fingerprint density at radius 3 is 2.24 bits per heavy atom. The van der Waals surface area contributed by atoms with Gasteiger partial charge in [0.05, 0.1) is 6.04 Å². The third kappa shape index (κ3) is 6.07. The van der Waals surface area contributed by atoms with Gasteiger partial charge in [0.1, 0.15) is 11.4 Å². The van der Waals surface area contributed by atoms with Crippen LogP contribution in [-0.4, -0.2) is 54.0 Å². The normalized spacial score (nSPS) is 23.5. The molecule has 1 aliphatic carbocycles. The van der Waals surface area contributed by atoms with Crippen molar-refractivity contribution in [1.29, 1.82) is 0 Å². The highest BCUT2D eigenvalue weighted by Crippen LogP contribution is 2.55. The minimum atomic E-state index is -2.84. The Kier molecular flexibility index (Phi) is 7.97. The minimum Gasteiger partial charge on any atom is -0.444 e. The molecule has 190 valence electrons. The molecule has 1 amide bonds. The molecule has 0 aromatic heterocycles. The average molecular weight is 470 g/mol. The predicted molar refractivity (Wildman–Crippen MR) is 131 cm³/mol. The van der Waals surface area contributed by atoms with Gasteiger partial charge in [-0.2, -0.15) is 0 Å². The molecule has 0 aromatic rings. The highest BCUT2D eigenvalue weighted by molar-refractivity contribution is 5.91. The molecule has 1 saturated heterocycles. The van der Waals surface area contributed by atoms with E-state index < -0.39 is 16.9 Å². The summed E-state index contributed by atoms with van der Waals surface area (Å²) in [7, 11) is 1.72. The lowest BCUT2D eigenvalue weighted by Gasteiger charge is -2.41. The first kappa shape index (κ1) is 27.6. The first-order valence-electron chi connectivity index (χ1n) is 12.3. The Balaban J connectivity index is 2.22. The van der Waals surface area contributed by atoms with E-state index in [2.05, 4.69) is 10.3 Å². The lowest BCUT2D eigenvalue weighted by molar-refractivity contribution is 0.00645. The number of hydrogen-bond donors (Lipinski definition) is 1. The van der Waals surface area contributed by atoms with E-state index >= 15 is 0 Å². The van der Waals surface area contributed by atoms with Crippen molar-refractivity contribution in [2.75, 3.05) is 13.6 Å². The summed E-state index contributed by atoms with van der Waals surface area (Å²) in [5.74, 6) is -2.22. The van der Waals surface area contributed by atoms with Gasteiger partial charge in [0.25, 0.3) is 5.92 Å². The zero-order valence-corrected chi connectivity index (χ0v) is 22.3. The zero-order chi connectivity index (χ0) is 25.4. The molecule has 1 unspecified atom stereocenters. The van der Waals surface area contributed by atoms with Crippen molar-refractivity contribution >= 4 is 11.9 Å². The standard InChI is InChI=1S/C26H45F2N3O2/c1-11-20(26(27,28)12-2)24(8,9)17(3)18(4)30-21(29-10)19-15-25(13-14-25)16-31(19)22(32)33-23(5,6)7/h11,17-19H,12-16H2,1-10H3,(H,29,30)/b20-11+/t17?,18-,19+/m1/s1. The van der Waals surface area contributed by atoms with Crippen LogP contribution in [0.3, 0.4) is 0 Å². The van der Waals surface area contributed by atoms with E-state index in [9.17, 15) is 13.6 Å². The first-order chi connectivity index (χ1) is 15.0. The molecule has 1 aliphatic heterocycles. The lowest BCUT2D eigenvalue weighted by atomic mass is 9.68. The number of likely N-dealkylation sites (tertiary alicyclic amines) is 1. The molecule has 0 bridgehead atoms. The molecule has 5 nitrogen and oxygen atoms in total. The van der Waals surface area contributed by atoms with Crippen LogP contribution in [0.25, 0.3) is 0 Å². The maximum Gasteiger partial charge on any atom is 0.410 e. The van der Waals surface area contributed by atoms with Crippen LogP contribution in [0.15, 0.2) is 16.6 Å². The number of rotatable bonds is 7. The molecular formula is C26H45F2N3O2. The van der Waals surface area contributed by atoms with E-state index in [1.165, 1.54) is 6.92 Å². The number of nitrogens with one attached hydrogen (secondary N) is 1. The van der Waals surface area contributed by atoms with Crippen LogP contribution in [0, 0.1) is 16.7 Å². The number of alkyl halides is 2. The van der Waals surface area contributed by atoms with Crippen LogP contribution in [-0.2, 0) is 4.74 Å². The average Bonchev–Trinajstić information content (AvgIpc) is 3.34. The van der Waals surface area contributed by atoms with Crippen molar-refractivity contribution in [3.05, 3.63) is 11.6 Å². The van der Waals surface area contributed by atoms with Crippen molar-refractivity contribution in [2.24, 2.45) is 21.7 Å². The van der Waals surface area contributed by atoms with Gasteiger partial charge in [0.2, 0.25) is 0 Å². The SMILES string of the molecule is C/C=C(/C(F)(F)CC)C(C)(C)C(C)[C@@H](C)NC(=NC)[C@@H]1CC2(CC2)CN1C(=O)OC(C)(C)C. The molecule has 2 fully saturated rings. The molecule has 3 atom stereocenters. The Morgan fingerprint density at radius 1 is 1.24 bits per heavy atom. The Hall–Kier alpha value is -1.66. The van der Waals surface area contributed by atoms with Crippen molar-refractivity contribution in [2.45, 2.75) is 112 Å². The Bertz CT molecular complexity index is 779. The first-order valence-corrected chi connectivity index (χ1v) is 12.3. The highest BCUT2D eigenvalue weighted by Gasteiger charge is 2.55. The van der Waals surface area contributed by atoms with Crippen LogP contribution in [0.1, 0.15) is 88.0 Å². The summed E-state index contributed by atoms with van der Waals surface area (Å²) in [6.45, 7) is 17.3. The second-order valence-corrected chi connectivity index (χ2v) is 11.6.